The molecule has 22 heavy (non-hydrogen) atoms. The molecule has 2 heterocycles. The molecule has 1 saturated carbocycles. The molecule has 0 radical (unpaired) electrons. The summed E-state index contributed by atoms with van der Waals surface area (Å²) in [6, 6.07) is 8.44. The Morgan fingerprint density at radius 3 is 2.86 bits per heavy atom. The van der Waals surface area contributed by atoms with Crippen LogP contribution in [0, 0.1) is 6.92 Å². The molecule has 0 bridgehead atoms. The highest BCUT2D eigenvalue weighted by molar-refractivity contribution is 5.79. The number of hydrogen-bond donors (Lipinski definition) is 0. The summed E-state index contributed by atoms with van der Waals surface area (Å²) in [5.41, 5.74) is 3.40. The van der Waals surface area contributed by atoms with Crippen molar-refractivity contribution in [3.63, 3.8) is 0 Å². The van der Waals surface area contributed by atoms with E-state index in [1.165, 1.54) is 18.4 Å². The number of aromatic nitrogens is 3. The van der Waals surface area contributed by atoms with Gasteiger partial charge < -0.3 is 4.90 Å². The van der Waals surface area contributed by atoms with E-state index in [9.17, 15) is 4.79 Å². The third kappa shape index (κ3) is 2.63. The van der Waals surface area contributed by atoms with Crippen molar-refractivity contribution in [2.75, 3.05) is 13.1 Å². The van der Waals surface area contributed by atoms with E-state index in [2.05, 4.69) is 35.6 Å². The Kier molecular flexibility index (Phi) is 3.21. The smallest absolute Gasteiger partial charge is 0.227 e. The van der Waals surface area contributed by atoms with E-state index in [0.29, 0.717) is 18.4 Å². The predicted molar refractivity (Wildman–Crippen MR) is 82.5 cm³/mol. The first-order valence-electron chi connectivity index (χ1n) is 7.94. The fraction of sp³-hybridized carbons (Fsp3) is 0.471. The third-order valence-electron chi connectivity index (χ3n) is 4.55. The second-order valence-corrected chi connectivity index (χ2v) is 6.52. The van der Waals surface area contributed by atoms with Gasteiger partial charge in [0.15, 0.2) is 0 Å². The van der Waals surface area contributed by atoms with Gasteiger partial charge in [-0.05, 0) is 25.3 Å². The van der Waals surface area contributed by atoms with Crippen molar-refractivity contribution in [2.24, 2.45) is 0 Å². The van der Waals surface area contributed by atoms with Crippen LogP contribution in [0.25, 0.3) is 0 Å². The van der Waals surface area contributed by atoms with Crippen LogP contribution in [0.1, 0.15) is 41.6 Å². The minimum atomic E-state index is 0.199. The van der Waals surface area contributed by atoms with Crippen LogP contribution in [0.4, 0.5) is 0 Å². The van der Waals surface area contributed by atoms with Crippen LogP contribution < -0.4 is 0 Å². The van der Waals surface area contributed by atoms with Crippen molar-refractivity contribution in [3.05, 3.63) is 47.3 Å². The summed E-state index contributed by atoms with van der Waals surface area (Å²) >= 11 is 0. The molecule has 1 saturated heterocycles. The second kappa shape index (κ2) is 5.23. The number of benzene rings is 1. The highest BCUT2D eigenvalue weighted by Crippen LogP contribution is 2.39. The monoisotopic (exact) mass is 296 g/mol. The van der Waals surface area contributed by atoms with E-state index in [-0.39, 0.29) is 5.91 Å². The van der Waals surface area contributed by atoms with Crippen LogP contribution in [-0.2, 0) is 11.2 Å². The summed E-state index contributed by atoms with van der Waals surface area (Å²) in [6.45, 7) is 3.55. The van der Waals surface area contributed by atoms with Crippen LogP contribution in [-0.4, -0.2) is 38.9 Å². The van der Waals surface area contributed by atoms with Gasteiger partial charge in [0, 0.05) is 25.2 Å². The van der Waals surface area contributed by atoms with Gasteiger partial charge in [-0.1, -0.05) is 35.0 Å². The van der Waals surface area contributed by atoms with Crippen molar-refractivity contribution in [1.82, 2.24) is 19.9 Å². The zero-order valence-electron chi connectivity index (χ0n) is 12.8. The van der Waals surface area contributed by atoms with E-state index in [1.54, 1.807) is 0 Å². The van der Waals surface area contributed by atoms with Gasteiger partial charge in [0.2, 0.25) is 5.91 Å². The molecule has 1 aromatic heterocycles. The molecule has 0 unspecified atom stereocenters. The fourth-order valence-corrected chi connectivity index (χ4v) is 2.97. The van der Waals surface area contributed by atoms with Crippen molar-refractivity contribution in [2.45, 2.75) is 38.1 Å². The van der Waals surface area contributed by atoms with Crippen molar-refractivity contribution < 1.29 is 4.79 Å². The average Bonchev–Trinajstić information content (AvgIpc) is 3.17. The summed E-state index contributed by atoms with van der Waals surface area (Å²) < 4.78 is 1.93. The van der Waals surface area contributed by atoms with E-state index in [0.717, 1.165) is 24.3 Å². The van der Waals surface area contributed by atoms with Crippen LogP contribution in [0.5, 0.6) is 0 Å². The first kappa shape index (κ1) is 13.5. The fourth-order valence-electron chi connectivity index (χ4n) is 2.97. The summed E-state index contributed by atoms with van der Waals surface area (Å²) in [5, 5.41) is 8.46. The summed E-state index contributed by atoms with van der Waals surface area (Å²) in [4.78, 5) is 14.2. The molecule has 1 aliphatic heterocycles. The Morgan fingerprint density at radius 1 is 1.32 bits per heavy atom. The molecule has 0 spiro atoms. The van der Waals surface area contributed by atoms with Crippen LogP contribution in [0.15, 0.2) is 30.5 Å². The Balaban J connectivity index is 1.33. The molecule has 2 fully saturated rings. The lowest BCUT2D eigenvalue weighted by Gasteiger charge is -2.39. The van der Waals surface area contributed by atoms with Crippen molar-refractivity contribution >= 4 is 5.91 Å². The number of rotatable bonds is 4. The standard InChI is InChI=1S/C17H20N4O/c1-12-3-2-4-13(7-12)8-17(22)20-9-15(10-20)21-11-16(18-19-21)14-5-6-14/h2-4,7,11,14-15H,5-6,8-10H2,1H3. The number of carbonyl (C=O) groups is 1. The van der Waals surface area contributed by atoms with E-state index in [4.69, 9.17) is 0 Å². The summed E-state index contributed by atoms with van der Waals surface area (Å²) in [7, 11) is 0. The number of hydrogen-bond acceptors (Lipinski definition) is 3. The van der Waals surface area contributed by atoms with Gasteiger partial charge in [-0.3, -0.25) is 4.79 Å². The topological polar surface area (TPSA) is 51.0 Å². The summed E-state index contributed by atoms with van der Waals surface area (Å²) in [6.07, 6.45) is 5.03. The van der Waals surface area contributed by atoms with Gasteiger partial charge >= 0.3 is 0 Å². The molecule has 2 aromatic rings. The quantitative estimate of drug-likeness (QED) is 0.868. The largest absolute Gasteiger partial charge is 0.338 e. The number of nitrogens with zero attached hydrogens (tertiary/aromatic N) is 4. The van der Waals surface area contributed by atoms with Gasteiger partial charge in [0.1, 0.15) is 0 Å². The molecule has 114 valence electrons. The average molecular weight is 296 g/mol. The lowest BCUT2D eigenvalue weighted by molar-refractivity contribution is -0.136. The molecule has 5 heteroatoms. The highest BCUT2D eigenvalue weighted by atomic mass is 16.2. The SMILES string of the molecule is Cc1cccc(CC(=O)N2CC(n3cc(C4CC4)nn3)C2)c1. The molecular formula is C17H20N4O. The van der Waals surface area contributed by atoms with Gasteiger partial charge in [-0.2, -0.15) is 0 Å². The number of carbonyl (C=O) groups excluding carboxylic acids is 1. The van der Waals surface area contributed by atoms with Crippen LogP contribution in [0.2, 0.25) is 0 Å². The van der Waals surface area contributed by atoms with Crippen molar-refractivity contribution in [1.29, 1.82) is 0 Å². The normalized spacial score (nSPS) is 18.3. The Hall–Kier alpha value is -2.17. The first-order chi connectivity index (χ1) is 10.7. The maximum Gasteiger partial charge on any atom is 0.227 e. The summed E-state index contributed by atoms with van der Waals surface area (Å²) in [5.74, 6) is 0.831. The molecule has 1 aliphatic carbocycles. The predicted octanol–water partition coefficient (Wildman–Crippen LogP) is 2.09. The highest BCUT2D eigenvalue weighted by Gasteiger charge is 2.34. The Morgan fingerprint density at radius 2 is 2.14 bits per heavy atom. The maximum atomic E-state index is 12.3. The minimum absolute atomic E-state index is 0.199. The Bertz CT molecular complexity index is 698. The van der Waals surface area contributed by atoms with Crippen LogP contribution >= 0.6 is 0 Å². The van der Waals surface area contributed by atoms with Gasteiger partial charge in [0.25, 0.3) is 0 Å². The lowest BCUT2D eigenvalue weighted by atomic mass is 10.0. The molecular weight excluding hydrogens is 276 g/mol. The first-order valence-corrected chi connectivity index (χ1v) is 7.94. The van der Waals surface area contributed by atoms with Gasteiger partial charge in [-0.25, -0.2) is 4.68 Å². The molecule has 0 atom stereocenters. The van der Waals surface area contributed by atoms with E-state index < -0.39 is 0 Å². The van der Waals surface area contributed by atoms with E-state index >= 15 is 0 Å². The maximum absolute atomic E-state index is 12.3. The molecule has 4 rings (SSSR count). The molecule has 1 aromatic carbocycles. The van der Waals surface area contributed by atoms with Crippen LogP contribution in [0.3, 0.4) is 0 Å². The molecule has 2 aliphatic rings. The Labute approximate surface area is 129 Å². The third-order valence-corrected chi connectivity index (χ3v) is 4.55. The molecule has 5 nitrogen and oxygen atoms in total. The van der Waals surface area contributed by atoms with Gasteiger partial charge in [0.05, 0.1) is 18.2 Å². The number of likely N-dealkylation sites (tertiary alicyclic amines) is 1. The van der Waals surface area contributed by atoms with E-state index in [1.807, 2.05) is 21.7 Å². The number of aryl methyl sites for hydroxylation is 1. The number of amides is 1. The lowest BCUT2D eigenvalue weighted by Crippen LogP contribution is -2.51. The molecule has 0 N–H and O–H groups in total. The van der Waals surface area contributed by atoms with Crippen molar-refractivity contribution in [3.8, 4) is 0 Å². The zero-order chi connectivity index (χ0) is 15.1. The minimum Gasteiger partial charge on any atom is -0.338 e. The second-order valence-electron chi connectivity index (χ2n) is 6.52. The molecule has 1 amide bonds. The van der Waals surface area contributed by atoms with Gasteiger partial charge in [-0.15, -0.1) is 5.10 Å². The zero-order valence-corrected chi connectivity index (χ0v) is 12.8.